The molecule has 1 aromatic carbocycles. The summed E-state index contributed by atoms with van der Waals surface area (Å²) in [6.45, 7) is 6.27. The predicted octanol–water partition coefficient (Wildman–Crippen LogP) is 2.66. The summed E-state index contributed by atoms with van der Waals surface area (Å²) in [5.74, 6) is -0.0814. The minimum atomic E-state index is -0.804. The number of para-hydroxylation sites is 2. The monoisotopic (exact) mass is 354 g/mol. The number of hydrogen-bond donors (Lipinski definition) is 1. The molecule has 0 fully saturated rings. The highest BCUT2D eigenvalue weighted by atomic mass is 16.4. The number of hydrogen-bond acceptors (Lipinski definition) is 4. The maximum Gasteiger partial charge on any atom is 0.305 e. The number of aliphatic carboxylic acids is 1. The lowest BCUT2D eigenvalue weighted by Crippen LogP contribution is -2.37. The predicted molar refractivity (Wildman–Crippen MR) is 103 cm³/mol. The Morgan fingerprint density at radius 1 is 1.19 bits per heavy atom. The molecule has 0 saturated carbocycles. The summed E-state index contributed by atoms with van der Waals surface area (Å²) in [7, 11) is 1.91. The smallest absolute Gasteiger partial charge is 0.305 e. The molecule has 0 amide bonds. The molecule has 6 heteroatoms. The standard InChI is InChI=1S/C20H23N3O3/c1-4-23(5-2)20-15(22(3)13-12-18(24)25)10-11-17-19(20)21-14-8-6-7-9-16(14)26-17/h6-11H,4-5,12-13H2,1-3H3/p+1. The van der Waals surface area contributed by atoms with Gasteiger partial charge in [-0.3, -0.25) is 4.79 Å². The molecule has 1 aliphatic carbocycles. The van der Waals surface area contributed by atoms with Crippen LogP contribution in [0.3, 0.4) is 0 Å². The van der Waals surface area contributed by atoms with Crippen molar-refractivity contribution in [2.75, 3.05) is 31.6 Å². The number of carbonyl (C=O) groups is 1. The Hall–Kier alpha value is -2.89. The number of carboxylic acids is 1. The largest absolute Gasteiger partial charge is 0.481 e. The zero-order chi connectivity index (χ0) is 18.7. The van der Waals surface area contributed by atoms with E-state index in [0.29, 0.717) is 6.54 Å². The molecule has 0 radical (unpaired) electrons. The number of nitrogens with zero attached hydrogens (tertiary/aromatic N) is 3. The molecule has 1 aromatic rings. The van der Waals surface area contributed by atoms with Crippen LogP contribution in [-0.2, 0) is 4.79 Å². The fraction of sp³-hybridized carbons (Fsp3) is 0.350. The maximum atomic E-state index is 11.0. The van der Waals surface area contributed by atoms with E-state index >= 15 is 0 Å². The molecular weight excluding hydrogens is 330 g/mol. The molecule has 1 heterocycles. The van der Waals surface area contributed by atoms with Gasteiger partial charge >= 0.3 is 5.97 Å². The molecule has 0 unspecified atom stereocenters. The Balaban J connectivity index is 2.29. The molecule has 26 heavy (non-hydrogen) atoms. The van der Waals surface area contributed by atoms with Crippen molar-refractivity contribution in [1.82, 2.24) is 9.56 Å². The van der Waals surface area contributed by atoms with Gasteiger partial charge in [0.25, 0.3) is 5.36 Å². The minimum Gasteiger partial charge on any atom is -0.481 e. The summed E-state index contributed by atoms with van der Waals surface area (Å²) < 4.78 is 8.29. The van der Waals surface area contributed by atoms with E-state index in [-0.39, 0.29) is 6.42 Å². The van der Waals surface area contributed by atoms with Crippen LogP contribution in [0.5, 0.6) is 0 Å². The lowest BCUT2D eigenvalue weighted by molar-refractivity contribution is -0.136. The van der Waals surface area contributed by atoms with E-state index < -0.39 is 5.97 Å². The van der Waals surface area contributed by atoms with E-state index in [2.05, 4.69) is 18.4 Å². The van der Waals surface area contributed by atoms with Crippen molar-refractivity contribution in [2.45, 2.75) is 20.3 Å². The average molecular weight is 354 g/mol. The van der Waals surface area contributed by atoms with E-state index in [0.717, 1.165) is 46.7 Å². The number of aromatic nitrogens is 1. The third-order valence-electron chi connectivity index (χ3n) is 4.56. The number of anilines is 1. The second kappa shape index (κ2) is 7.56. The van der Waals surface area contributed by atoms with Gasteiger partial charge in [-0.1, -0.05) is 12.1 Å². The molecule has 0 atom stereocenters. The van der Waals surface area contributed by atoms with Crippen LogP contribution in [-0.4, -0.2) is 42.7 Å². The molecule has 2 aliphatic rings. The van der Waals surface area contributed by atoms with Crippen molar-refractivity contribution >= 4 is 22.8 Å². The molecule has 0 saturated heterocycles. The first kappa shape index (κ1) is 17.9. The summed E-state index contributed by atoms with van der Waals surface area (Å²) in [6.07, 6.45) is 0.0851. The molecule has 0 aromatic heterocycles. The van der Waals surface area contributed by atoms with Crippen molar-refractivity contribution in [1.29, 1.82) is 0 Å². The van der Waals surface area contributed by atoms with Crippen LogP contribution in [0.25, 0.3) is 22.6 Å². The van der Waals surface area contributed by atoms with Gasteiger partial charge in [0.15, 0.2) is 17.0 Å². The SMILES string of the molecule is CC[N+](CC)=c1c(N(C)CCC(=O)O)ccc2oc3ccccc3nc1-2. The van der Waals surface area contributed by atoms with Gasteiger partial charge in [-0.15, -0.1) is 0 Å². The quantitative estimate of drug-likeness (QED) is 0.544. The Morgan fingerprint density at radius 3 is 2.62 bits per heavy atom. The highest BCUT2D eigenvalue weighted by Gasteiger charge is 2.22. The average Bonchev–Trinajstić information content (AvgIpc) is 2.65. The Bertz CT molecular complexity index is 972. The molecule has 1 aliphatic heterocycles. The highest BCUT2D eigenvalue weighted by molar-refractivity contribution is 5.77. The van der Waals surface area contributed by atoms with Crippen molar-refractivity contribution in [2.24, 2.45) is 0 Å². The van der Waals surface area contributed by atoms with Crippen molar-refractivity contribution in [3.8, 4) is 11.5 Å². The van der Waals surface area contributed by atoms with E-state index in [1.165, 1.54) is 0 Å². The van der Waals surface area contributed by atoms with E-state index in [9.17, 15) is 4.79 Å². The normalized spacial score (nSPS) is 11.0. The van der Waals surface area contributed by atoms with E-state index in [1.807, 2.05) is 48.3 Å². The van der Waals surface area contributed by atoms with Crippen LogP contribution in [0.15, 0.2) is 40.8 Å². The summed E-state index contributed by atoms with van der Waals surface area (Å²) in [5, 5.41) is 9.99. The molecule has 136 valence electrons. The van der Waals surface area contributed by atoms with E-state index in [1.54, 1.807) is 0 Å². The zero-order valence-electron chi connectivity index (χ0n) is 15.4. The van der Waals surface area contributed by atoms with Gasteiger partial charge in [0, 0.05) is 13.6 Å². The molecule has 0 spiro atoms. The van der Waals surface area contributed by atoms with Gasteiger partial charge in [0.05, 0.1) is 6.42 Å². The molecule has 6 nitrogen and oxygen atoms in total. The van der Waals surface area contributed by atoms with Gasteiger partial charge in [0.2, 0.25) is 0 Å². The lowest BCUT2D eigenvalue weighted by Gasteiger charge is -2.19. The molecular formula is C20H24N3O3+. The Kier molecular flexibility index (Phi) is 5.21. The van der Waals surface area contributed by atoms with Crippen LogP contribution in [0.1, 0.15) is 20.3 Å². The molecule has 1 N–H and O–H groups in total. The fourth-order valence-corrected chi connectivity index (χ4v) is 3.16. The number of fused-ring (bicyclic) bond motifs is 2. The summed E-state index contributed by atoms with van der Waals surface area (Å²) in [5.41, 5.74) is 3.31. The van der Waals surface area contributed by atoms with Crippen LogP contribution >= 0.6 is 0 Å². The minimum absolute atomic E-state index is 0.0851. The van der Waals surface area contributed by atoms with Gasteiger partial charge in [-0.25, -0.2) is 9.56 Å². The van der Waals surface area contributed by atoms with E-state index in [4.69, 9.17) is 14.5 Å². The zero-order valence-corrected chi connectivity index (χ0v) is 15.4. The van der Waals surface area contributed by atoms with Crippen molar-refractivity contribution < 1.29 is 14.3 Å². The van der Waals surface area contributed by atoms with Gasteiger partial charge in [-0.2, -0.15) is 0 Å². The summed E-state index contributed by atoms with van der Waals surface area (Å²) >= 11 is 0. The first-order valence-corrected chi connectivity index (χ1v) is 8.88. The van der Waals surface area contributed by atoms with Gasteiger partial charge in [0.1, 0.15) is 24.3 Å². The third kappa shape index (κ3) is 3.40. The Labute approximate surface area is 152 Å². The first-order valence-electron chi connectivity index (χ1n) is 8.88. The highest BCUT2D eigenvalue weighted by Crippen LogP contribution is 2.24. The van der Waals surface area contributed by atoms with Crippen LogP contribution in [0.2, 0.25) is 0 Å². The maximum absolute atomic E-state index is 11.0. The fourth-order valence-electron chi connectivity index (χ4n) is 3.16. The lowest BCUT2D eigenvalue weighted by atomic mass is 10.1. The second-order valence-electron chi connectivity index (χ2n) is 6.20. The van der Waals surface area contributed by atoms with Crippen LogP contribution < -0.4 is 14.8 Å². The van der Waals surface area contributed by atoms with Crippen LogP contribution in [0, 0.1) is 0 Å². The van der Waals surface area contributed by atoms with Crippen molar-refractivity contribution in [3.05, 3.63) is 41.8 Å². The van der Waals surface area contributed by atoms with Crippen molar-refractivity contribution in [3.63, 3.8) is 0 Å². The topological polar surface area (TPSA) is 69.6 Å². The third-order valence-corrected chi connectivity index (χ3v) is 4.56. The molecule has 3 rings (SSSR count). The number of rotatable bonds is 6. The molecule has 0 bridgehead atoms. The summed E-state index contributed by atoms with van der Waals surface area (Å²) in [6, 6.07) is 11.6. The van der Waals surface area contributed by atoms with Gasteiger partial charge in [-0.05, 0) is 38.1 Å². The summed E-state index contributed by atoms with van der Waals surface area (Å²) in [4.78, 5) is 17.8. The first-order chi connectivity index (χ1) is 12.5. The van der Waals surface area contributed by atoms with Crippen LogP contribution in [0.4, 0.5) is 5.69 Å². The second-order valence-corrected chi connectivity index (χ2v) is 6.20. The number of benzene rings is 2. The Morgan fingerprint density at radius 2 is 1.92 bits per heavy atom. The number of carboxylic acid groups (broad SMARTS) is 1. The van der Waals surface area contributed by atoms with Gasteiger partial charge < -0.3 is 14.4 Å².